The summed E-state index contributed by atoms with van der Waals surface area (Å²) in [4.78, 5) is 29.5. The van der Waals surface area contributed by atoms with E-state index < -0.39 is 0 Å². The molecule has 0 unspecified atom stereocenters. The summed E-state index contributed by atoms with van der Waals surface area (Å²) in [5.41, 5.74) is 9.48. The number of morpholine rings is 1. The fourth-order valence-corrected chi connectivity index (χ4v) is 3.53. The van der Waals surface area contributed by atoms with Crippen LogP contribution in [-0.4, -0.2) is 42.1 Å². The molecule has 4 rings (SSSR count). The molecule has 1 fully saturated rings. The van der Waals surface area contributed by atoms with Crippen LogP contribution in [0.4, 0.5) is 5.69 Å². The summed E-state index contributed by atoms with van der Waals surface area (Å²) in [6.45, 7) is 2.27. The second kappa shape index (κ2) is 9.11. The van der Waals surface area contributed by atoms with Crippen molar-refractivity contribution >= 4 is 39.8 Å². The number of aromatic amines is 1. The van der Waals surface area contributed by atoms with Crippen molar-refractivity contribution in [1.82, 2.24) is 9.88 Å². The van der Waals surface area contributed by atoms with Gasteiger partial charge in [0, 0.05) is 46.5 Å². The largest absolute Gasteiger partial charge is 0.378 e. The molecule has 0 aliphatic carbocycles. The molecule has 158 valence electrons. The molecule has 1 amide bonds. The van der Waals surface area contributed by atoms with Crippen LogP contribution in [0.25, 0.3) is 16.6 Å². The predicted octanol–water partition coefficient (Wildman–Crippen LogP) is 4.10. The zero-order chi connectivity index (χ0) is 21.8. The molecule has 2 aromatic carbocycles. The molecule has 2 heterocycles. The number of anilines is 1. The summed E-state index contributed by atoms with van der Waals surface area (Å²) in [5, 5.41) is 7.80. The number of carbonyl (C=O) groups excluding carboxylic acids is 1. The predicted molar refractivity (Wildman–Crippen MR) is 119 cm³/mol. The molecule has 8 nitrogen and oxygen atoms in total. The van der Waals surface area contributed by atoms with Gasteiger partial charge in [0.2, 0.25) is 0 Å². The number of amides is 1. The van der Waals surface area contributed by atoms with Gasteiger partial charge in [0.15, 0.2) is 0 Å². The first kappa shape index (κ1) is 20.8. The highest BCUT2D eigenvalue weighted by Gasteiger charge is 2.18. The van der Waals surface area contributed by atoms with Crippen molar-refractivity contribution in [2.75, 3.05) is 31.6 Å². The van der Waals surface area contributed by atoms with Gasteiger partial charge in [-0.3, -0.25) is 9.59 Å². The van der Waals surface area contributed by atoms with Crippen molar-refractivity contribution in [1.29, 1.82) is 5.53 Å². The summed E-state index contributed by atoms with van der Waals surface area (Å²) in [6.07, 6.45) is 1.48. The molecular formula is C22H20ClN5O3. The van der Waals surface area contributed by atoms with E-state index in [1.165, 1.54) is 6.20 Å². The van der Waals surface area contributed by atoms with Crippen LogP contribution in [0.1, 0.15) is 15.9 Å². The number of hydrogen-bond acceptors (Lipinski definition) is 6. The Balaban J connectivity index is 1.53. The number of ether oxygens (including phenoxy) is 1. The van der Waals surface area contributed by atoms with Crippen LogP contribution in [0, 0.1) is 5.53 Å². The number of pyridine rings is 1. The number of benzene rings is 2. The Hall–Kier alpha value is -3.49. The average molecular weight is 438 g/mol. The van der Waals surface area contributed by atoms with Crippen molar-refractivity contribution in [3.8, 4) is 0 Å². The first-order valence-corrected chi connectivity index (χ1v) is 10.1. The number of nitrogens with one attached hydrogen (secondary N) is 3. The second-order valence-electron chi connectivity index (χ2n) is 7.01. The highest BCUT2D eigenvalue weighted by atomic mass is 35.5. The molecule has 1 aliphatic rings. The van der Waals surface area contributed by atoms with Gasteiger partial charge in [-0.2, -0.15) is 5.11 Å². The molecule has 0 atom stereocenters. The van der Waals surface area contributed by atoms with E-state index in [0.717, 1.165) is 5.39 Å². The number of fused-ring (bicyclic) bond motifs is 1. The minimum absolute atomic E-state index is 0.0337. The zero-order valence-corrected chi connectivity index (χ0v) is 17.3. The van der Waals surface area contributed by atoms with Gasteiger partial charge < -0.3 is 19.9 Å². The maximum Gasteiger partial charge on any atom is 0.258 e. The number of nitrogens with zero attached hydrogens (tertiary/aromatic N) is 2. The summed E-state index contributed by atoms with van der Waals surface area (Å²) >= 11 is 6.04. The van der Waals surface area contributed by atoms with E-state index in [9.17, 15) is 9.59 Å². The van der Waals surface area contributed by atoms with E-state index in [-0.39, 0.29) is 22.7 Å². The lowest BCUT2D eigenvalue weighted by atomic mass is 10.1. The standard InChI is InChI=1S/C22H20ClN5O3/c23-16-3-6-19-15(11-16)12-18(21(29)26-19)20(27-24)13-25-17-4-1-14(2-5-17)22(30)28-7-9-31-10-8-28/h1-6,11-13,24-25H,7-10H2,(H,26,29)/b20-13-,27-24?. The molecular weight excluding hydrogens is 418 g/mol. The Morgan fingerprint density at radius 1 is 1.16 bits per heavy atom. The quantitative estimate of drug-likeness (QED) is 0.522. The van der Waals surface area contributed by atoms with Gasteiger partial charge in [-0.25, -0.2) is 5.53 Å². The van der Waals surface area contributed by atoms with Gasteiger partial charge in [-0.05, 0) is 48.5 Å². The van der Waals surface area contributed by atoms with Gasteiger partial charge in [-0.1, -0.05) is 11.6 Å². The Morgan fingerprint density at radius 2 is 1.90 bits per heavy atom. The summed E-state index contributed by atoms with van der Waals surface area (Å²) in [7, 11) is 0. The number of aromatic nitrogens is 1. The topological polar surface area (TPSA) is 111 Å². The lowest BCUT2D eigenvalue weighted by Gasteiger charge is -2.26. The number of hydrogen-bond donors (Lipinski definition) is 3. The maximum absolute atomic E-state index is 12.5. The minimum atomic E-state index is -0.356. The molecule has 0 bridgehead atoms. The zero-order valence-electron chi connectivity index (χ0n) is 16.5. The normalized spacial score (nSPS) is 14.5. The van der Waals surface area contributed by atoms with Crippen LogP contribution in [-0.2, 0) is 4.74 Å². The maximum atomic E-state index is 12.5. The third-order valence-electron chi connectivity index (χ3n) is 5.01. The van der Waals surface area contributed by atoms with E-state index >= 15 is 0 Å². The second-order valence-corrected chi connectivity index (χ2v) is 7.45. The molecule has 1 aromatic heterocycles. The summed E-state index contributed by atoms with van der Waals surface area (Å²) < 4.78 is 5.28. The van der Waals surface area contributed by atoms with Crippen molar-refractivity contribution in [2.24, 2.45) is 5.11 Å². The summed E-state index contributed by atoms with van der Waals surface area (Å²) in [5.74, 6) is -0.0337. The SMILES string of the molecule is N=N/C(=C\Nc1ccc(C(=O)N2CCOCC2)cc1)c1cc2cc(Cl)ccc2[nH]c1=O. The Morgan fingerprint density at radius 3 is 2.61 bits per heavy atom. The molecule has 0 spiro atoms. The number of carbonyl (C=O) groups is 1. The van der Waals surface area contributed by atoms with Crippen molar-refractivity contribution < 1.29 is 9.53 Å². The van der Waals surface area contributed by atoms with Crippen molar-refractivity contribution in [3.05, 3.63) is 81.2 Å². The van der Waals surface area contributed by atoms with E-state index in [4.69, 9.17) is 21.9 Å². The lowest BCUT2D eigenvalue weighted by molar-refractivity contribution is 0.0303. The Kier molecular flexibility index (Phi) is 6.11. The fourth-order valence-electron chi connectivity index (χ4n) is 3.35. The monoisotopic (exact) mass is 437 g/mol. The van der Waals surface area contributed by atoms with E-state index in [0.29, 0.717) is 48.1 Å². The summed E-state index contributed by atoms with van der Waals surface area (Å²) in [6, 6.07) is 13.8. The van der Waals surface area contributed by atoms with Crippen LogP contribution in [0.15, 0.2) is 64.6 Å². The van der Waals surface area contributed by atoms with E-state index in [1.807, 2.05) is 0 Å². The van der Waals surface area contributed by atoms with Gasteiger partial charge in [0.25, 0.3) is 11.5 Å². The smallest absolute Gasteiger partial charge is 0.258 e. The molecule has 0 radical (unpaired) electrons. The number of H-pyrrole nitrogens is 1. The van der Waals surface area contributed by atoms with Crippen LogP contribution in [0.3, 0.4) is 0 Å². The van der Waals surface area contributed by atoms with E-state index in [1.54, 1.807) is 53.4 Å². The van der Waals surface area contributed by atoms with Gasteiger partial charge >= 0.3 is 0 Å². The third-order valence-corrected chi connectivity index (χ3v) is 5.24. The van der Waals surface area contributed by atoms with E-state index in [2.05, 4.69) is 15.4 Å². The van der Waals surface area contributed by atoms with Crippen molar-refractivity contribution in [3.63, 3.8) is 0 Å². The Bertz CT molecular complexity index is 1210. The van der Waals surface area contributed by atoms with Gasteiger partial charge in [0.1, 0.15) is 5.70 Å². The molecule has 3 aromatic rings. The molecule has 1 saturated heterocycles. The lowest BCUT2D eigenvalue weighted by Crippen LogP contribution is -2.40. The van der Waals surface area contributed by atoms with Gasteiger partial charge in [-0.15, -0.1) is 0 Å². The number of halogens is 1. The molecule has 1 aliphatic heterocycles. The fraction of sp³-hybridized carbons (Fsp3) is 0.182. The number of rotatable bonds is 5. The molecule has 31 heavy (non-hydrogen) atoms. The van der Waals surface area contributed by atoms with Gasteiger partial charge in [0.05, 0.1) is 18.8 Å². The molecule has 3 N–H and O–H groups in total. The van der Waals surface area contributed by atoms with Crippen LogP contribution < -0.4 is 10.9 Å². The highest BCUT2D eigenvalue weighted by Crippen LogP contribution is 2.21. The van der Waals surface area contributed by atoms with Crippen molar-refractivity contribution in [2.45, 2.75) is 0 Å². The minimum Gasteiger partial charge on any atom is -0.378 e. The van der Waals surface area contributed by atoms with Crippen LogP contribution in [0.2, 0.25) is 5.02 Å². The van der Waals surface area contributed by atoms with Crippen LogP contribution in [0.5, 0.6) is 0 Å². The first-order valence-electron chi connectivity index (χ1n) is 9.69. The highest BCUT2D eigenvalue weighted by molar-refractivity contribution is 6.31. The van der Waals surface area contributed by atoms with Crippen LogP contribution >= 0.6 is 11.6 Å². The Labute approximate surface area is 183 Å². The molecule has 9 heteroatoms. The molecule has 0 saturated carbocycles. The third kappa shape index (κ3) is 4.65. The first-order chi connectivity index (χ1) is 15.0. The average Bonchev–Trinajstić information content (AvgIpc) is 2.80.